The predicted octanol–water partition coefficient (Wildman–Crippen LogP) is 3.85. The first-order chi connectivity index (χ1) is 14.9. The van der Waals surface area contributed by atoms with E-state index >= 15 is 0 Å². The standard InChI is InChI=1S/C25H28N4O2/c1-16(2)28(17(3)4)13-11-26-24(30)20-10-7-12-29-23(20)27-22-15-19-9-6-5-8-18(19)14-21(22)25(29)31/h5-10,12,14-17H,11,13H2,1-4H3,(H,26,30). The lowest BCUT2D eigenvalue weighted by Crippen LogP contribution is -2.42. The molecule has 0 aliphatic heterocycles. The molecule has 160 valence electrons. The molecule has 0 aliphatic rings. The highest BCUT2D eigenvalue weighted by atomic mass is 16.2. The summed E-state index contributed by atoms with van der Waals surface area (Å²) in [5.74, 6) is -0.224. The summed E-state index contributed by atoms with van der Waals surface area (Å²) in [6, 6.07) is 15.9. The SMILES string of the molecule is CC(C)N(CCNC(=O)c1cccn2c(=O)c3cc4ccccc4cc3nc12)C(C)C. The van der Waals surface area contributed by atoms with Crippen LogP contribution in [0.3, 0.4) is 0 Å². The van der Waals surface area contributed by atoms with Gasteiger partial charge in [0.2, 0.25) is 0 Å². The Morgan fingerprint density at radius 3 is 2.39 bits per heavy atom. The fraction of sp³-hybridized carbons (Fsp3) is 0.320. The molecule has 2 heterocycles. The van der Waals surface area contributed by atoms with E-state index in [0.29, 0.717) is 40.7 Å². The van der Waals surface area contributed by atoms with E-state index in [1.807, 2.05) is 36.4 Å². The lowest BCUT2D eigenvalue weighted by molar-refractivity contribution is 0.0940. The smallest absolute Gasteiger partial charge is 0.265 e. The van der Waals surface area contributed by atoms with E-state index in [1.54, 1.807) is 18.3 Å². The maximum absolute atomic E-state index is 13.1. The summed E-state index contributed by atoms with van der Waals surface area (Å²) < 4.78 is 1.46. The average molecular weight is 417 g/mol. The molecule has 6 heteroatoms. The van der Waals surface area contributed by atoms with Crippen molar-refractivity contribution in [2.45, 2.75) is 39.8 Å². The first-order valence-corrected chi connectivity index (χ1v) is 10.7. The van der Waals surface area contributed by atoms with E-state index in [0.717, 1.165) is 17.3 Å². The van der Waals surface area contributed by atoms with Crippen LogP contribution in [0.15, 0.2) is 59.5 Å². The molecule has 1 N–H and O–H groups in total. The van der Waals surface area contributed by atoms with Crippen molar-refractivity contribution in [2.24, 2.45) is 0 Å². The van der Waals surface area contributed by atoms with Crippen molar-refractivity contribution >= 4 is 33.2 Å². The van der Waals surface area contributed by atoms with Gasteiger partial charge < -0.3 is 5.32 Å². The molecular formula is C25H28N4O2. The minimum Gasteiger partial charge on any atom is -0.351 e. The van der Waals surface area contributed by atoms with E-state index in [2.05, 4.69) is 37.9 Å². The number of nitrogens with one attached hydrogen (secondary N) is 1. The number of benzene rings is 2. The van der Waals surface area contributed by atoms with Crippen LogP contribution >= 0.6 is 0 Å². The normalized spacial score (nSPS) is 12.0. The number of fused-ring (bicyclic) bond motifs is 3. The Balaban J connectivity index is 1.70. The summed E-state index contributed by atoms with van der Waals surface area (Å²) >= 11 is 0. The van der Waals surface area contributed by atoms with Gasteiger partial charge in [0.05, 0.1) is 16.5 Å². The summed E-state index contributed by atoms with van der Waals surface area (Å²) in [6.45, 7) is 9.89. The van der Waals surface area contributed by atoms with Crippen molar-refractivity contribution in [1.82, 2.24) is 19.6 Å². The molecule has 0 bridgehead atoms. The Hall–Kier alpha value is -3.25. The summed E-state index contributed by atoms with van der Waals surface area (Å²) in [4.78, 5) is 33.1. The second kappa shape index (κ2) is 8.47. The molecule has 0 radical (unpaired) electrons. The van der Waals surface area contributed by atoms with Crippen LogP contribution in [0, 0.1) is 0 Å². The maximum atomic E-state index is 13.1. The van der Waals surface area contributed by atoms with Crippen molar-refractivity contribution in [2.75, 3.05) is 13.1 Å². The van der Waals surface area contributed by atoms with Crippen LogP contribution in [0.25, 0.3) is 27.3 Å². The zero-order valence-electron chi connectivity index (χ0n) is 18.4. The Bertz CT molecular complexity index is 1320. The minimum absolute atomic E-state index is 0.175. The van der Waals surface area contributed by atoms with Crippen LogP contribution in [0.5, 0.6) is 0 Å². The number of nitrogens with zero attached hydrogens (tertiary/aromatic N) is 3. The molecule has 0 saturated heterocycles. The molecule has 1 amide bonds. The van der Waals surface area contributed by atoms with Gasteiger partial charge in [0.15, 0.2) is 5.65 Å². The number of aromatic nitrogens is 2. The summed E-state index contributed by atoms with van der Waals surface area (Å²) in [5, 5.41) is 5.53. The molecule has 2 aromatic heterocycles. The summed E-state index contributed by atoms with van der Waals surface area (Å²) in [6.07, 6.45) is 1.66. The van der Waals surface area contributed by atoms with E-state index in [-0.39, 0.29) is 11.5 Å². The molecule has 2 aromatic carbocycles. The lowest BCUT2D eigenvalue weighted by Gasteiger charge is -2.30. The van der Waals surface area contributed by atoms with Crippen molar-refractivity contribution in [3.8, 4) is 0 Å². The van der Waals surface area contributed by atoms with Gasteiger partial charge in [0, 0.05) is 31.4 Å². The molecule has 0 aliphatic carbocycles. The van der Waals surface area contributed by atoms with Gasteiger partial charge in [-0.3, -0.25) is 18.9 Å². The highest BCUT2D eigenvalue weighted by Crippen LogP contribution is 2.20. The van der Waals surface area contributed by atoms with E-state index in [4.69, 9.17) is 4.98 Å². The largest absolute Gasteiger partial charge is 0.351 e. The fourth-order valence-electron chi connectivity index (χ4n) is 4.20. The van der Waals surface area contributed by atoms with Crippen LogP contribution in [0.1, 0.15) is 38.1 Å². The molecule has 4 rings (SSSR count). The highest BCUT2D eigenvalue weighted by Gasteiger charge is 2.16. The van der Waals surface area contributed by atoms with Gasteiger partial charge in [0.25, 0.3) is 11.5 Å². The predicted molar refractivity (Wildman–Crippen MR) is 126 cm³/mol. The van der Waals surface area contributed by atoms with Gasteiger partial charge in [-0.15, -0.1) is 0 Å². The van der Waals surface area contributed by atoms with Crippen molar-refractivity contribution in [3.63, 3.8) is 0 Å². The zero-order valence-corrected chi connectivity index (χ0v) is 18.4. The zero-order chi connectivity index (χ0) is 22.1. The summed E-state index contributed by atoms with van der Waals surface area (Å²) in [5.41, 5.74) is 1.19. The number of amides is 1. The van der Waals surface area contributed by atoms with E-state index in [1.165, 1.54) is 4.40 Å². The Labute approximate surface area is 181 Å². The Morgan fingerprint density at radius 1 is 1.03 bits per heavy atom. The third-order valence-electron chi connectivity index (χ3n) is 5.73. The van der Waals surface area contributed by atoms with Crippen LogP contribution in [0.4, 0.5) is 0 Å². The van der Waals surface area contributed by atoms with Crippen molar-refractivity contribution < 1.29 is 4.79 Å². The van der Waals surface area contributed by atoms with Crippen LogP contribution < -0.4 is 10.9 Å². The van der Waals surface area contributed by atoms with Gasteiger partial charge in [-0.05, 0) is 62.7 Å². The third kappa shape index (κ3) is 4.03. The van der Waals surface area contributed by atoms with Gasteiger partial charge in [-0.1, -0.05) is 24.3 Å². The molecule has 4 aromatic rings. The second-order valence-corrected chi connectivity index (χ2v) is 8.43. The first-order valence-electron chi connectivity index (χ1n) is 10.7. The van der Waals surface area contributed by atoms with Crippen molar-refractivity contribution in [1.29, 1.82) is 0 Å². The van der Waals surface area contributed by atoms with Crippen molar-refractivity contribution in [3.05, 3.63) is 70.6 Å². The molecule has 0 atom stereocenters. The van der Waals surface area contributed by atoms with Gasteiger partial charge in [-0.25, -0.2) is 4.98 Å². The monoisotopic (exact) mass is 416 g/mol. The third-order valence-corrected chi connectivity index (χ3v) is 5.73. The number of rotatable bonds is 6. The number of hydrogen-bond acceptors (Lipinski definition) is 4. The molecule has 0 unspecified atom stereocenters. The molecule has 31 heavy (non-hydrogen) atoms. The summed E-state index contributed by atoms with van der Waals surface area (Å²) in [7, 11) is 0. The molecule has 0 spiro atoms. The number of pyridine rings is 1. The minimum atomic E-state index is -0.224. The Kier molecular flexibility index (Phi) is 5.74. The van der Waals surface area contributed by atoms with E-state index in [9.17, 15) is 9.59 Å². The van der Waals surface area contributed by atoms with Gasteiger partial charge in [-0.2, -0.15) is 0 Å². The number of hydrogen-bond donors (Lipinski definition) is 1. The first kappa shape index (κ1) is 21.0. The van der Waals surface area contributed by atoms with Gasteiger partial charge in [0.1, 0.15) is 0 Å². The molecular weight excluding hydrogens is 388 g/mol. The maximum Gasteiger partial charge on any atom is 0.265 e. The molecule has 6 nitrogen and oxygen atoms in total. The number of carbonyl (C=O) groups excluding carboxylic acids is 1. The second-order valence-electron chi connectivity index (χ2n) is 8.43. The van der Waals surface area contributed by atoms with Crippen LogP contribution in [-0.4, -0.2) is 45.4 Å². The quantitative estimate of drug-likeness (QED) is 0.485. The van der Waals surface area contributed by atoms with Gasteiger partial charge >= 0.3 is 0 Å². The van der Waals surface area contributed by atoms with Crippen LogP contribution in [0.2, 0.25) is 0 Å². The topological polar surface area (TPSA) is 66.7 Å². The number of carbonyl (C=O) groups is 1. The Morgan fingerprint density at radius 2 is 1.71 bits per heavy atom. The fourth-order valence-corrected chi connectivity index (χ4v) is 4.20. The average Bonchev–Trinajstić information content (AvgIpc) is 2.74. The lowest BCUT2D eigenvalue weighted by atomic mass is 10.1. The molecule has 0 fully saturated rings. The van der Waals surface area contributed by atoms with Crippen LogP contribution in [-0.2, 0) is 0 Å². The highest BCUT2D eigenvalue weighted by molar-refractivity contribution is 6.02. The molecule has 0 saturated carbocycles. The van der Waals surface area contributed by atoms with E-state index < -0.39 is 0 Å².